The third-order valence-electron chi connectivity index (χ3n) is 8.42. The molecule has 0 bridgehead atoms. The molecular formula is C40H58O2. The first-order valence-corrected chi connectivity index (χ1v) is 17.3. The Morgan fingerprint density at radius 1 is 0.476 bits per heavy atom. The third kappa shape index (κ3) is 12.7. The lowest BCUT2D eigenvalue weighted by atomic mass is 9.94. The smallest absolute Gasteiger partial charge is 0.119 e. The van der Waals surface area contributed by atoms with Crippen LogP contribution >= 0.6 is 0 Å². The second-order valence-electron chi connectivity index (χ2n) is 12.0. The van der Waals surface area contributed by atoms with E-state index in [1.54, 1.807) is 0 Å². The molecule has 1 unspecified atom stereocenters. The van der Waals surface area contributed by atoms with Gasteiger partial charge < -0.3 is 9.47 Å². The maximum atomic E-state index is 6.20. The van der Waals surface area contributed by atoms with Gasteiger partial charge >= 0.3 is 0 Å². The molecule has 0 saturated heterocycles. The predicted molar refractivity (Wildman–Crippen MR) is 182 cm³/mol. The second-order valence-corrected chi connectivity index (χ2v) is 12.0. The lowest BCUT2D eigenvalue weighted by Gasteiger charge is -2.15. The fraction of sp³-hybridized carbons (Fsp3) is 0.550. The van der Waals surface area contributed by atoms with Gasteiger partial charge in [0.25, 0.3) is 0 Å². The molecule has 1 atom stereocenters. The molecule has 0 spiro atoms. The van der Waals surface area contributed by atoms with Gasteiger partial charge in [0.2, 0.25) is 0 Å². The minimum Gasteiger partial charge on any atom is -0.494 e. The fourth-order valence-corrected chi connectivity index (χ4v) is 5.67. The quantitative estimate of drug-likeness (QED) is 0.106. The molecule has 0 aromatic heterocycles. The first-order chi connectivity index (χ1) is 20.7. The second kappa shape index (κ2) is 21.2. The van der Waals surface area contributed by atoms with Gasteiger partial charge in [-0.05, 0) is 59.7 Å². The number of ether oxygens (including phenoxy) is 2. The van der Waals surface area contributed by atoms with Crippen molar-refractivity contribution in [1.29, 1.82) is 0 Å². The maximum Gasteiger partial charge on any atom is 0.119 e. The Morgan fingerprint density at radius 3 is 1.40 bits per heavy atom. The summed E-state index contributed by atoms with van der Waals surface area (Å²) >= 11 is 0. The van der Waals surface area contributed by atoms with Crippen LogP contribution < -0.4 is 4.74 Å². The van der Waals surface area contributed by atoms with Crippen LogP contribution in [0.15, 0.2) is 72.8 Å². The summed E-state index contributed by atoms with van der Waals surface area (Å²) in [5, 5.41) is 0. The summed E-state index contributed by atoms with van der Waals surface area (Å²) < 4.78 is 12.2. The highest BCUT2D eigenvalue weighted by Crippen LogP contribution is 2.33. The lowest BCUT2D eigenvalue weighted by molar-refractivity contribution is 0.0627. The monoisotopic (exact) mass is 570 g/mol. The van der Waals surface area contributed by atoms with Crippen molar-refractivity contribution in [2.45, 2.75) is 130 Å². The molecule has 2 heteroatoms. The van der Waals surface area contributed by atoms with E-state index in [1.165, 1.54) is 118 Å². The van der Waals surface area contributed by atoms with Crippen molar-refractivity contribution in [2.24, 2.45) is 0 Å². The van der Waals surface area contributed by atoms with Crippen LogP contribution in [0.25, 0.3) is 22.3 Å². The van der Waals surface area contributed by atoms with Gasteiger partial charge in [0.1, 0.15) is 5.75 Å². The summed E-state index contributed by atoms with van der Waals surface area (Å²) in [7, 11) is 0. The minimum absolute atomic E-state index is 0.122. The van der Waals surface area contributed by atoms with E-state index in [1.807, 2.05) is 0 Å². The van der Waals surface area contributed by atoms with Crippen LogP contribution in [0.3, 0.4) is 0 Å². The zero-order chi connectivity index (χ0) is 29.7. The van der Waals surface area contributed by atoms with E-state index in [2.05, 4.69) is 93.6 Å². The third-order valence-corrected chi connectivity index (χ3v) is 8.42. The highest BCUT2D eigenvalue weighted by molar-refractivity contribution is 5.83. The fourth-order valence-electron chi connectivity index (χ4n) is 5.67. The predicted octanol–water partition coefficient (Wildman–Crippen LogP) is 12.8. The van der Waals surface area contributed by atoms with Crippen LogP contribution in [0.1, 0.15) is 135 Å². The Bertz CT molecular complexity index is 1070. The van der Waals surface area contributed by atoms with Gasteiger partial charge in [0, 0.05) is 6.61 Å². The van der Waals surface area contributed by atoms with Crippen LogP contribution in [0.4, 0.5) is 0 Å². The molecule has 42 heavy (non-hydrogen) atoms. The maximum absolute atomic E-state index is 6.20. The lowest BCUT2D eigenvalue weighted by Crippen LogP contribution is -2.02. The van der Waals surface area contributed by atoms with E-state index < -0.39 is 0 Å². The summed E-state index contributed by atoms with van der Waals surface area (Å²) in [6.45, 7) is 8.36. The summed E-state index contributed by atoms with van der Waals surface area (Å²) in [6.07, 6.45) is 21.4. The Kier molecular flexibility index (Phi) is 17.1. The van der Waals surface area contributed by atoms with Gasteiger partial charge in [-0.1, -0.05) is 164 Å². The number of unbranched alkanes of at least 4 members (excludes halogenated alkanes) is 14. The van der Waals surface area contributed by atoms with Crippen LogP contribution in [0, 0.1) is 0 Å². The standard InChI is InChI=1S/C40H58O2/c1-4-6-8-10-11-12-13-14-15-17-20-32-41-34(3)35-24-26-36(27-25-35)39-22-18-19-23-40(39)37-28-30-38(31-29-37)42-33-21-16-9-7-5-2/h18-19,22-31,34H,4-17,20-21,32-33H2,1-3H3. The molecule has 3 aromatic rings. The number of benzene rings is 3. The minimum atomic E-state index is 0.122. The van der Waals surface area contributed by atoms with Crippen LogP contribution in [0.5, 0.6) is 5.75 Å². The van der Waals surface area contributed by atoms with Gasteiger partial charge in [-0.25, -0.2) is 0 Å². The number of hydrogen-bond acceptors (Lipinski definition) is 2. The first-order valence-electron chi connectivity index (χ1n) is 17.3. The van der Waals surface area contributed by atoms with Crippen molar-refractivity contribution in [3.63, 3.8) is 0 Å². The molecule has 3 rings (SSSR count). The molecule has 0 saturated carbocycles. The average molecular weight is 571 g/mol. The molecule has 0 heterocycles. The molecule has 2 nitrogen and oxygen atoms in total. The molecule has 0 fully saturated rings. The Labute approximate surface area is 258 Å². The molecule has 3 aromatic carbocycles. The van der Waals surface area contributed by atoms with Gasteiger partial charge in [-0.15, -0.1) is 0 Å². The van der Waals surface area contributed by atoms with E-state index in [9.17, 15) is 0 Å². The van der Waals surface area contributed by atoms with Gasteiger partial charge in [-0.2, -0.15) is 0 Å². The van der Waals surface area contributed by atoms with Crippen molar-refractivity contribution in [1.82, 2.24) is 0 Å². The Hall–Kier alpha value is -2.58. The van der Waals surface area contributed by atoms with Crippen molar-refractivity contribution in [3.05, 3.63) is 78.4 Å². The van der Waals surface area contributed by atoms with E-state index in [-0.39, 0.29) is 6.10 Å². The summed E-state index contributed by atoms with van der Waals surface area (Å²) in [6, 6.07) is 26.2. The van der Waals surface area contributed by atoms with E-state index in [4.69, 9.17) is 9.47 Å². The molecule has 230 valence electrons. The number of hydrogen-bond donors (Lipinski definition) is 0. The first kappa shape index (κ1) is 33.9. The van der Waals surface area contributed by atoms with Crippen molar-refractivity contribution >= 4 is 0 Å². The summed E-state index contributed by atoms with van der Waals surface area (Å²) in [5.41, 5.74) is 6.20. The molecule has 0 N–H and O–H groups in total. The highest BCUT2D eigenvalue weighted by Gasteiger charge is 2.10. The molecule has 0 aliphatic heterocycles. The Morgan fingerprint density at radius 2 is 0.905 bits per heavy atom. The molecular weight excluding hydrogens is 512 g/mol. The van der Waals surface area contributed by atoms with Crippen molar-refractivity contribution in [3.8, 4) is 28.0 Å². The zero-order valence-electron chi connectivity index (χ0n) is 27.0. The topological polar surface area (TPSA) is 18.5 Å². The number of rotatable bonds is 23. The largest absolute Gasteiger partial charge is 0.494 e. The van der Waals surface area contributed by atoms with Crippen molar-refractivity contribution < 1.29 is 9.47 Å². The average Bonchev–Trinajstić information content (AvgIpc) is 3.03. The van der Waals surface area contributed by atoms with Crippen LogP contribution in [-0.4, -0.2) is 13.2 Å². The van der Waals surface area contributed by atoms with E-state index in [0.717, 1.165) is 31.8 Å². The molecule has 0 radical (unpaired) electrons. The van der Waals surface area contributed by atoms with Crippen LogP contribution in [0.2, 0.25) is 0 Å². The Balaban J connectivity index is 1.41. The van der Waals surface area contributed by atoms with Crippen molar-refractivity contribution in [2.75, 3.05) is 13.2 Å². The van der Waals surface area contributed by atoms with Crippen LogP contribution in [-0.2, 0) is 4.74 Å². The summed E-state index contributed by atoms with van der Waals surface area (Å²) in [4.78, 5) is 0. The zero-order valence-corrected chi connectivity index (χ0v) is 27.0. The highest BCUT2D eigenvalue weighted by atomic mass is 16.5. The SMILES string of the molecule is CCCCCCCCCCCCCOC(C)c1ccc(-c2ccccc2-c2ccc(OCCCCCCC)cc2)cc1. The van der Waals surface area contributed by atoms with E-state index >= 15 is 0 Å². The van der Waals surface area contributed by atoms with Gasteiger partial charge in [-0.3, -0.25) is 0 Å². The molecule has 0 aliphatic rings. The van der Waals surface area contributed by atoms with E-state index in [0.29, 0.717) is 0 Å². The van der Waals surface area contributed by atoms with Gasteiger partial charge in [0.15, 0.2) is 0 Å². The summed E-state index contributed by atoms with van der Waals surface area (Å²) in [5.74, 6) is 0.957. The molecule has 0 amide bonds. The normalized spacial score (nSPS) is 12.0. The molecule has 0 aliphatic carbocycles. The van der Waals surface area contributed by atoms with Gasteiger partial charge in [0.05, 0.1) is 12.7 Å².